The minimum Gasteiger partial charge on any atom is -0.381 e. The number of piperidine rings is 1. The smallest absolute Gasteiger partial charge is 0.223 e. The van der Waals surface area contributed by atoms with Crippen molar-refractivity contribution in [2.24, 2.45) is 17.8 Å². The molecule has 0 N–H and O–H groups in total. The second kappa shape index (κ2) is 7.53. The molecule has 0 aliphatic carbocycles. The summed E-state index contributed by atoms with van der Waals surface area (Å²) >= 11 is 0. The van der Waals surface area contributed by atoms with Gasteiger partial charge in [0.05, 0.1) is 24.8 Å². The van der Waals surface area contributed by atoms with Gasteiger partial charge in [-0.2, -0.15) is 0 Å². The summed E-state index contributed by atoms with van der Waals surface area (Å²) in [5.74, 6) is 2.18. The zero-order valence-corrected chi connectivity index (χ0v) is 15.9. The van der Waals surface area contributed by atoms with Gasteiger partial charge in [0.15, 0.2) is 0 Å². The molecule has 4 atom stereocenters. The predicted octanol–water partition coefficient (Wildman–Crippen LogP) is 2.15. The Balaban J connectivity index is 1.48. The van der Waals surface area contributed by atoms with E-state index in [0.717, 1.165) is 58.1 Å². The van der Waals surface area contributed by atoms with Gasteiger partial charge >= 0.3 is 0 Å². The first-order valence-corrected chi connectivity index (χ1v) is 10.4. The van der Waals surface area contributed by atoms with Gasteiger partial charge in [0.1, 0.15) is 0 Å². The van der Waals surface area contributed by atoms with Gasteiger partial charge in [-0.15, -0.1) is 0 Å². The van der Waals surface area contributed by atoms with Crippen molar-refractivity contribution in [3.05, 3.63) is 0 Å². The van der Waals surface area contributed by atoms with E-state index in [1.165, 1.54) is 19.4 Å². The quantitative estimate of drug-likeness (QED) is 0.782. The highest BCUT2D eigenvalue weighted by Crippen LogP contribution is 2.38. The van der Waals surface area contributed by atoms with Crippen LogP contribution in [0.15, 0.2) is 0 Å². The van der Waals surface area contributed by atoms with Crippen LogP contribution in [0, 0.1) is 17.8 Å². The van der Waals surface area contributed by atoms with Crippen molar-refractivity contribution in [1.29, 1.82) is 0 Å². The maximum Gasteiger partial charge on any atom is 0.223 e. The Hall–Kier alpha value is -0.650. The second-order valence-electron chi connectivity index (χ2n) is 8.88. The molecule has 4 rings (SSSR count). The number of carbonyl (C=O) groups excluding carboxylic acids is 1. The second-order valence-corrected chi connectivity index (χ2v) is 8.88. The molecule has 4 heterocycles. The Kier molecular flexibility index (Phi) is 5.35. The Labute approximate surface area is 152 Å². The molecule has 0 bridgehead atoms. The van der Waals surface area contributed by atoms with Crippen LogP contribution in [0.1, 0.15) is 46.0 Å². The van der Waals surface area contributed by atoms with Gasteiger partial charge in [-0.1, -0.05) is 13.8 Å². The van der Waals surface area contributed by atoms with Gasteiger partial charge in [-0.3, -0.25) is 4.79 Å². The van der Waals surface area contributed by atoms with Crippen LogP contribution in [-0.4, -0.2) is 73.3 Å². The first-order chi connectivity index (χ1) is 12.1. The van der Waals surface area contributed by atoms with Crippen LogP contribution >= 0.6 is 0 Å². The number of hydrogen-bond acceptors (Lipinski definition) is 4. The van der Waals surface area contributed by atoms with E-state index in [2.05, 4.69) is 23.6 Å². The lowest BCUT2D eigenvalue weighted by Crippen LogP contribution is -2.65. The number of morpholine rings is 1. The molecule has 0 radical (unpaired) electrons. The number of hydrogen-bond donors (Lipinski definition) is 0. The first-order valence-electron chi connectivity index (χ1n) is 10.4. The summed E-state index contributed by atoms with van der Waals surface area (Å²) in [5, 5.41) is 0. The van der Waals surface area contributed by atoms with E-state index in [1.54, 1.807) is 0 Å². The van der Waals surface area contributed by atoms with E-state index in [4.69, 9.17) is 9.47 Å². The fourth-order valence-electron chi connectivity index (χ4n) is 5.45. The maximum atomic E-state index is 12.7. The van der Waals surface area contributed by atoms with Crippen molar-refractivity contribution in [2.45, 2.75) is 64.1 Å². The zero-order chi connectivity index (χ0) is 17.4. The molecule has 4 aliphatic heterocycles. The fourth-order valence-corrected chi connectivity index (χ4v) is 5.45. The van der Waals surface area contributed by atoms with Crippen LogP contribution in [0.3, 0.4) is 0 Å². The van der Waals surface area contributed by atoms with Crippen LogP contribution < -0.4 is 0 Å². The summed E-state index contributed by atoms with van der Waals surface area (Å²) in [6.45, 7) is 10.5. The standard InChI is InChI=1S/C20H34N2O3/c1-14(2)17-13-25-18-5-8-21(11-15-6-9-24-10-7-15)12-16-3-4-19(23)22(17)20(16)18/h14-18,20H,3-13H2,1-2H3/t16-,17-,18?,20?/m1/s1. The van der Waals surface area contributed by atoms with E-state index >= 15 is 0 Å². The topological polar surface area (TPSA) is 42.0 Å². The van der Waals surface area contributed by atoms with Crippen molar-refractivity contribution >= 4 is 5.91 Å². The molecule has 4 saturated heterocycles. The summed E-state index contributed by atoms with van der Waals surface area (Å²) < 4.78 is 11.8. The summed E-state index contributed by atoms with van der Waals surface area (Å²) in [5.41, 5.74) is 0. The minimum absolute atomic E-state index is 0.240. The normalized spacial score (nSPS) is 37.9. The molecule has 0 aromatic rings. The molecule has 2 unspecified atom stereocenters. The van der Waals surface area contributed by atoms with Crippen LogP contribution in [0.5, 0.6) is 0 Å². The van der Waals surface area contributed by atoms with Crippen LogP contribution in [0.25, 0.3) is 0 Å². The average molecular weight is 351 g/mol. The third-order valence-electron chi connectivity index (χ3n) is 6.89. The minimum atomic E-state index is 0.240. The number of ether oxygens (including phenoxy) is 2. The molecule has 0 aromatic heterocycles. The molecule has 0 saturated carbocycles. The molecular weight excluding hydrogens is 316 g/mol. The van der Waals surface area contributed by atoms with Crippen molar-refractivity contribution in [3.63, 3.8) is 0 Å². The molecule has 142 valence electrons. The number of nitrogens with zero attached hydrogens (tertiary/aromatic N) is 2. The van der Waals surface area contributed by atoms with Crippen LogP contribution in [-0.2, 0) is 14.3 Å². The Morgan fingerprint density at radius 3 is 2.72 bits per heavy atom. The van der Waals surface area contributed by atoms with Gasteiger partial charge in [0.25, 0.3) is 0 Å². The molecular formula is C20H34N2O3. The molecule has 5 heteroatoms. The van der Waals surface area contributed by atoms with E-state index in [-0.39, 0.29) is 12.1 Å². The van der Waals surface area contributed by atoms with Crippen molar-refractivity contribution in [3.8, 4) is 0 Å². The van der Waals surface area contributed by atoms with E-state index in [1.807, 2.05) is 0 Å². The first kappa shape index (κ1) is 17.7. The fraction of sp³-hybridized carbons (Fsp3) is 0.950. The van der Waals surface area contributed by atoms with E-state index < -0.39 is 0 Å². The molecule has 4 aliphatic rings. The monoisotopic (exact) mass is 350 g/mol. The highest BCUT2D eigenvalue weighted by atomic mass is 16.5. The lowest BCUT2D eigenvalue weighted by molar-refractivity contribution is -0.172. The number of rotatable bonds is 3. The molecule has 0 spiro atoms. The van der Waals surface area contributed by atoms with Crippen LogP contribution in [0.4, 0.5) is 0 Å². The van der Waals surface area contributed by atoms with Crippen molar-refractivity contribution < 1.29 is 14.3 Å². The van der Waals surface area contributed by atoms with E-state index in [0.29, 0.717) is 23.8 Å². The third kappa shape index (κ3) is 3.60. The Morgan fingerprint density at radius 2 is 1.96 bits per heavy atom. The zero-order valence-electron chi connectivity index (χ0n) is 15.9. The summed E-state index contributed by atoms with van der Waals surface area (Å²) in [4.78, 5) is 17.7. The largest absolute Gasteiger partial charge is 0.381 e. The third-order valence-corrected chi connectivity index (χ3v) is 6.89. The highest BCUT2D eigenvalue weighted by molar-refractivity contribution is 5.78. The summed E-state index contributed by atoms with van der Waals surface area (Å²) in [6.07, 6.45) is 5.47. The van der Waals surface area contributed by atoms with Gasteiger partial charge < -0.3 is 19.3 Å². The van der Waals surface area contributed by atoms with Gasteiger partial charge in [-0.05, 0) is 43.4 Å². The Bertz CT molecular complexity index is 478. The molecule has 5 nitrogen and oxygen atoms in total. The highest BCUT2D eigenvalue weighted by Gasteiger charge is 2.49. The van der Waals surface area contributed by atoms with Gasteiger partial charge in [0, 0.05) is 39.3 Å². The number of carbonyl (C=O) groups is 1. The van der Waals surface area contributed by atoms with Gasteiger partial charge in [0.2, 0.25) is 5.91 Å². The Morgan fingerprint density at radius 1 is 1.16 bits per heavy atom. The molecule has 0 aromatic carbocycles. The average Bonchev–Trinajstić information content (AvgIpc) is 2.79. The van der Waals surface area contributed by atoms with Crippen molar-refractivity contribution in [2.75, 3.05) is 39.5 Å². The van der Waals surface area contributed by atoms with Crippen molar-refractivity contribution in [1.82, 2.24) is 9.80 Å². The number of likely N-dealkylation sites (tertiary alicyclic amines) is 1. The SMILES string of the molecule is CC(C)[C@H]1COC2CCN(CC3CCOCC3)C[C@H]3CCC(=O)N1C23. The number of amides is 1. The molecule has 1 amide bonds. The van der Waals surface area contributed by atoms with E-state index in [9.17, 15) is 4.79 Å². The summed E-state index contributed by atoms with van der Waals surface area (Å²) in [7, 11) is 0. The van der Waals surface area contributed by atoms with Gasteiger partial charge in [-0.25, -0.2) is 0 Å². The predicted molar refractivity (Wildman–Crippen MR) is 96.3 cm³/mol. The lowest BCUT2D eigenvalue weighted by atomic mass is 9.81. The maximum absolute atomic E-state index is 12.7. The molecule has 4 fully saturated rings. The molecule has 25 heavy (non-hydrogen) atoms. The lowest BCUT2D eigenvalue weighted by Gasteiger charge is -2.52. The summed E-state index contributed by atoms with van der Waals surface area (Å²) in [6, 6.07) is 0.570. The van der Waals surface area contributed by atoms with Crippen LogP contribution in [0.2, 0.25) is 0 Å².